The molecule has 1 aliphatic heterocycles. The minimum Gasteiger partial charge on any atom is -0.554 e. The first-order chi connectivity index (χ1) is 6.69. The largest absolute Gasteiger partial charge is 0.554 e. The smallest absolute Gasteiger partial charge is 0.338 e. The van der Waals surface area contributed by atoms with Crippen molar-refractivity contribution in [2.45, 2.75) is 26.7 Å². The molecule has 0 spiro atoms. The van der Waals surface area contributed by atoms with Crippen molar-refractivity contribution in [1.82, 2.24) is 0 Å². The number of aliphatic imine (C=N–C) groups is 2. The van der Waals surface area contributed by atoms with Crippen molar-refractivity contribution in [3.05, 3.63) is 0 Å². The molecule has 0 bridgehead atoms. The monoisotopic (exact) mass is 196 g/mol. The average Bonchev–Trinajstić information content (AvgIpc) is 2.18. The molecule has 0 fully saturated rings. The molecule has 0 unspecified atom stereocenters. The molecule has 5 heteroatoms. The second kappa shape index (κ2) is 5.03. The molecule has 0 amide bonds. The lowest BCUT2D eigenvalue weighted by Crippen LogP contribution is -2.33. The highest BCUT2D eigenvalue weighted by Crippen LogP contribution is 2.13. The van der Waals surface area contributed by atoms with Crippen LogP contribution in [0.3, 0.4) is 0 Å². The van der Waals surface area contributed by atoms with Crippen LogP contribution < -0.4 is 0 Å². The van der Waals surface area contributed by atoms with E-state index in [0.29, 0.717) is 31.7 Å². The topological polar surface area (TPSA) is 43.2 Å². The van der Waals surface area contributed by atoms with Crippen LogP contribution in [0.15, 0.2) is 9.98 Å². The summed E-state index contributed by atoms with van der Waals surface area (Å²) in [7, 11) is 2.27. The molecule has 4 nitrogen and oxygen atoms in total. The molecular weight excluding hydrogens is 179 g/mol. The molecule has 0 radical (unpaired) electrons. The molecule has 0 saturated heterocycles. The van der Waals surface area contributed by atoms with Gasteiger partial charge in [0.2, 0.25) is 5.90 Å². The summed E-state index contributed by atoms with van der Waals surface area (Å²) in [5.41, 5.74) is 0. The summed E-state index contributed by atoms with van der Waals surface area (Å²) in [6.07, 6.45) is 0. The molecule has 14 heavy (non-hydrogen) atoms. The van der Waals surface area contributed by atoms with Crippen LogP contribution in [-0.2, 0) is 9.39 Å². The van der Waals surface area contributed by atoms with Gasteiger partial charge < -0.3 is 9.39 Å². The summed E-state index contributed by atoms with van der Waals surface area (Å²) < 4.78 is 10.5. The summed E-state index contributed by atoms with van der Waals surface area (Å²) in [6, 6.07) is 0.00954. The third kappa shape index (κ3) is 2.50. The number of hydrogen-bond acceptors (Lipinski definition) is 4. The molecule has 1 atom stereocenters. The Balaban J connectivity index is 2.72. The SMILES string of the molecule is CBOC1=N[C@H](C(C)C)C(OC)=NC1. The second-order valence-corrected chi connectivity index (χ2v) is 3.50. The van der Waals surface area contributed by atoms with Gasteiger partial charge in [0.25, 0.3) is 0 Å². The van der Waals surface area contributed by atoms with E-state index < -0.39 is 0 Å². The van der Waals surface area contributed by atoms with Crippen LogP contribution in [0.25, 0.3) is 0 Å². The highest BCUT2D eigenvalue weighted by atomic mass is 16.5. The lowest BCUT2D eigenvalue weighted by molar-refractivity contribution is 0.358. The Morgan fingerprint density at radius 2 is 2.21 bits per heavy atom. The number of methoxy groups -OCH3 is 1. The summed E-state index contributed by atoms with van der Waals surface area (Å²) in [5.74, 6) is 1.81. The fraction of sp³-hybridized carbons (Fsp3) is 0.778. The normalized spacial score (nSPS) is 21.4. The third-order valence-corrected chi connectivity index (χ3v) is 2.06. The van der Waals surface area contributed by atoms with Crippen molar-refractivity contribution in [3.8, 4) is 0 Å². The van der Waals surface area contributed by atoms with E-state index in [1.54, 1.807) is 7.11 Å². The minimum atomic E-state index is 0.00954. The van der Waals surface area contributed by atoms with Gasteiger partial charge in [-0.15, -0.1) is 0 Å². The standard InChI is InChI=1S/C9H17BN2O2/c1-6(2)8-9(13-4)11-5-7(12-8)14-10-3/h6,8,10H,5H2,1-4H3/t8-/m1/s1. The van der Waals surface area contributed by atoms with E-state index in [4.69, 9.17) is 9.39 Å². The molecule has 78 valence electrons. The molecule has 1 heterocycles. The lowest BCUT2D eigenvalue weighted by Gasteiger charge is -2.22. The molecule has 0 aliphatic carbocycles. The van der Waals surface area contributed by atoms with Crippen LogP contribution >= 0.6 is 0 Å². The summed E-state index contributed by atoms with van der Waals surface area (Å²) in [5, 5.41) is 0. The number of ether oxygens (including phenoxy) is 1. The summed E-state index contributed by atoms with van der Waals surface area (Å²) >= 11 is 0. The Kier molecular flexibility index (Phi) is 3.98. The van der Waals surface area contributed by atoms with Crippen LogP contribution in [0.5, 0.6) is 0 Å². The highest BCUT2D eigenvalue weighted by Gasteiger charge is 2.24. The van der Waals surface area contributed by atoms with Gasteiger partial charge in [0.15, 0.2) is 5.90 Å². The molecule has 0 saturated carbocycles. The van der Waals surface area contributed by atoms with Gasteiger partial charge >= 0.3 is 7.48 Å². The van der Waals surface area contributed by atoms with E-state index >= 15 is 0 Å². The average molecular weight is 196 g/mol. The van der Waals surface area contributed by atoms with E-state index in [2.05, 4.69) is 23.8 Å². The fourth-order valence-electron chi connectivity index (χ4n) is 1.36. The maximum atomic E-state index is 5.34. The molecular formula is C9H17BN2O2. The van der Waals surface area contributed by atoms with Gasteiger partial charge in [-0.1, -0.05) is 20.7 Å². The maximum absolute atomic E-state index is 5.34. The van der Waals surface area contributed by atoms with Crippen molar-refractivity contribution in [3.63, 3.8) is 0 Å². The van der Waals surface area contributed by atoms with Gasteiger partial charge in [-0.05, 0) is 5.92 Å². The summed E-state index contributed by atoms with van der Waals surface area (Å²) in [6.45, 7) is 6.64. The van der Waals surface area contributed by atoms with E-state index in [9.17, 15) is 0 Å². The van der Waals surface area contributed by atoms with Crippen molar-refractivity contribution in [2.75, 3.05) is 13.7 Å². The van der Waals surface area contributed by atoms with Gasteiger partial charge in [0, 0.05) is 0 Å². The van der Waals surface area contributed by atoms with Crippen molar-refractivity contribution >= 4 is 19.3 Å². The number of nitrogens with zero attached hydrogens (tertiary/aromatic N) is 2. The van der Waals surface area contributed by atoms with Crippen LogP contribution in [0.4, 0.5) is 0 Å². The van der Waals surface area contributed by atoms with Gasteiger partial charge in [-0.25, -0.2) is 9.98 Å². The van der Waals surface area contributed by atoms with E-state index in [0.717, 1.165) is 0 Å². The van der Waals surface area contributed by atoms with Crippen molar-refractivity contribution in [1.29, 1.82) is 0 Å². The predicted molar refractivity (Wildman–Crippen MR) is 59.5 cm³/mol. The molecule has 1 rings (SSSR count). The predicted octanol–water partition coefficient (Wildman–Crippen LogP) is 0.884. The first-order valence-electron chi connectivity index (χ1n) is 4.96. The zero-order valence-corrected chi connectivity index (χ0v) is 9.28. The maximum Gasteiger partial charge on any atom is 0.338 e. The Bertz CT molecular complexity index is 251. The molecule has 1 aliphatic rings. The van der Waals surface area contributed by atoms with Gasteiger partial charge in [-0.2, -0.15) is 0 Å². The molecule has 0 aromatic heterocycles. The second-order valence-electron chi connectivity index (χ2n) is 3.50. The van der Waals surface area contributed by atoms with E-state index in [1.165, 1.54) is 0 Å². The zero-order chi connectivity index (χ0) is 10.6. The molecule has 0 aromatic rings. The van der Waals surface area contributed by atoms with Crippen LogP contribution in [-0.4, -0.2) is 39.0 Å². The Morgan fingerprint density at radius 3 is 2.71 bits per heavy atom. The molecule has 0 aromatic carbocycles. The number of rotatable bonds is 2. The minimum absolute atomic E-state index is 0.00954. The van der Waals surface area contributed by atoms with E-state index in [-0.39, 0.29) is 6.04 Å². The van der Waals surface area contributed by atoms with Crippen LogP contribution in [0.1, 0.15) is 13.8 Å². The van der Waals surface area contributed by atoms with Gasteiger partial charge in [0.05, 0.1) is 7.11 Å². The third-order valence-electron chi connectivity index (χ3n) is 2.06. The first kappa shape index (κ1) is 11.1. The Morgan fingerprint density at radius 1 is 1.50 bits per heavy atom. The molecule has 0 N–H and O–H groups in total. The fourth-order valence-corrected chi connectivity index (χ4v) is 1.36. The number of hydrogen-bond donors (Lipinski definition) is 0. The Hall–Kier alpha value is -0.995. The zero-order valence-electron chi connectivity index (χ0n) is 9.28. The Labute approximate surface area is 85.7 Å². The van der Waals surface area contributed by atoms with Gasteiger partial charge in [0.1, 0.15) is 12.6 Å². The lowest BCUT2D eigenvalue weighted by atomic mass is 10.0. The first-order valence-corrected chi connectivity index (χ1v) is 4.96. The quantitative estimate of drug-likeness (QED) is 0.615. The summed E-state index contributed by atoms with van der Waals surface area (Å²) in [4.78, 5) is 8.75. The van der Waals surface area contributed by atoms with Crippen molar-refractivity contribution < 1.29 is 9.39 Å². The van der Waals surface area contributed by atoms with Crippen molar-refractivity contribution in [2.24, 2.45) is 15.9 Å². The van der Waals surface area contributed by atoms with Crippen LogP contribution in [0.2, 0.25) is 6.82 Å². The van der Waals surface area contributed by atoms with E-state index in [1.807, 2.05) is 6.82 Å². The van der Waals surface area contributed by atoms with Gasteiger partial charge in [-0.3, -0.25) is 0 Å². The highest BCUT2D eigenvalue weighted by molar-refractivity contribution is 6.29. The van der Waals surface area contributed by atoms with Crippen LogP contribution in [0, 0.1) is 5.92 Å².